The second-order valence-electron chi connectivity index (χ2n) is 6.63. The quantitative estimate of drug-likeness (QED) is 0.632. The second-order valence-corrected chi connectivity index (χ2v) is 7.58. The molecule has 2 N–H and O–H groups in total. The van der Waals surface area contributed by atoms with Crippen molar-refractivity contribution in [1.82, 2.24) is 5.32 Å². The lowest BCUT2D eigenvalue weighted by molar-refractivity contribution is 0.0949. The molecule has 0 unspecified atom stereocenters. The van der Waals surface area contributed by atoms with Gasteiger partial charge in [0.1, 0.15) is 6.61 Å². The summed E-state index contributed by atoms with van der Waals surface area (Å²) in [6.07, 6.45) is -0.363. The Kier molecular flexibility index (Phi) is 5.76. The number of hydrogen-bond acceptors (Lipinski definition) is 5. The van der Waals surface area contributed by atoms with Crippen molar-refractivity contribution in [3.05, 3.63) is 82.0 Å². The molecule has 3 amide bonds. The molecule has 1 aliphatic heterocycles. The van der Waals surface area contributed by atoms with Crippen LogP contribution in [0.1, 0.15) is 25.6 Å². The van der Waals surface area contributed by atoms with Gasteiger partial charge >= 0.3 is 6.09 Å². The number of amides is 3. The summed E-state index contributed by atoms with van der Waals surface area (Å²) < 4.78 is 4.97. The number of carbonyl (C=O) groups is 3. The van der Waals surface area contributed by atoms with Gasteiger partial charge in [-0.25, -0.2) is 4.79 Å². The molecule has 152 valence electrons. The van der Waals surface area contributed by atoms with E-state index in [1.54, 1.807) is 35.2 Å². The molecule has 0 atom stereocenters. The van der Waals surface area contributed by atoms with Crippen molar-refractivity contribution in [2.24, 2.45) is 0 Å². The molecule has 1 aliphatic rings. The van der Waals surface area contributed by atoms with Gasteiger partial charge in [-0.05, 0) is 47.3 Å². The number of nitrogens with zero attached hydrogens (tertiary/aromatic N) is 1. The molecule has 1 fully saturated rings. The van der Waals surface area contributed by atoms with Gasteiger partial charge in [0.15, 0.2) is 0 Å². The number of carbonyl (C=O) groups excluding carboxylic acids is 3. The van der Waals surface area contributed by atoms with Crippen LogP contribution < -0.4 is 15.5 Å². The number of thiophene rings is 1. The van der Waals surface area contributed by atoms with Crippen LogP contribution in [0, 0.1) is 0 Å². The number of anilines is 2. The van der Waals surface area contributed by atoms with Crippen molar-refractivity contribution in [1.29, 1.82) is 0 Å². The first-order valence-corrected chi connectivity index (χ1v) is 10.2. The van der Waals surface area contributed by atoms with Gasteiger partial charge in [0.2, 0.25) is 0 Å². The van der Waals surface area contributed by atoms with E-state index in [9.17, 15) is 14.4 Å². The molecule has 0 bridgehead atoms. The molecule has 8 heteroatoms. The molecule has 1 aromatic heterocycles. The van der Waals surface area contributed by atoms with Crippen molar-refractivity contribution in [2.45, 2.75) is 6.54 Å². The average Bonchev–Trinajstić information content (AvgIpc) is 3.44. The molecule has 0 radical (unpaired) electrons. The average molecular weight is 421 g/mol. The van der Waals surface area contributed by atoms with E-state index in [-0.39, 0.29) is 17.9 Å². The van der Waals surface area contributed by atoms with Crippen LogP contribution in [0.2, 0.25) is 0 Å². The van der Waals surface area contributed by atoms with Gasteiger partial charge in [-0.3, -0.25) is 14.5 Å². The van der Waals surface area contributed by atoms with Gasteiger partial charge in [-0.2, -0.15) is 0 Å². The Morgan fingerprint density at radius 3 is 2.67 bits per heavy atom. The zero-order valence-corrected chi connectivity index (χ0v) is 16.8. The first-order chi connectivity index (χ1) is 14.6. The largest absolute Gasteiger partial charge is 0.447 e. The normalized spacial score (nSPS) is 13.1. The monoisotopic (exact) mass is 421 g/mol. The van der Waals surface area contributed by atoms with Gasteiger partial charge in [-0.1, -0.05) is 24.3 Å². The molecule has 0 aliphatic carbocycles. The summed E-state index contributed by atoms with van der Waals surface area (Å²) in [5.74, 6) is -0.465. The Morgan fingerprint density at radius 2 is 1.90 bits per heavy atom. The van der Waals surface area contributed by atoms with Crippen LogP contribution in [0.4, 0.5) is 16.2 Å². The maximum atomic E-state index is 12.6. The highest BCUT2D eigenvalue weighted by Gasteiger charge is 2.23. The summed E-state index contributed by atoms with van der Waals surface area (Å²) in [4.78, 5) is 38.7. The predicted molar refractivity (Wildman–Crippen MR) is 115 cm³/mol. The zero-order chi connectivity index (χ0) is 20.9. The first-order valence-electron chi connectivity index (χ1n) is 9.36. The van der Waals surface area contributed by atoms with E-state index >= 15 is 0 Å². The van der Waals surface area contributed by atoms with Crippen LogP contribution in [0.15, 0.2) is 66.0 Å². The summed E-state index contributed by atoms with van der Waals surface area (Å²) in [6.45, 7) is 1.19. The van der Waals surface area contributed by atoms with E-state index in [0.29, 0.717) is 35.8 Å². The molecule has 2 heterocycles. The highest BCUT2D eigenvalue weighted by Crippen LogP contribution is 2.20. The third-order valence-electron chi connectivity index (χ3n) is 4.56. The molecule has 7 nitrogen and oxygen atoms in total. The lowest BCUT2D eigenvalue weighted by Gasteiger charge is -2.14. The maximum absolute atomic E-state index is 12.6. The van der Waals surface area contributed by atoms with Crippen molar-refractivity contribution >= 4 is 40.6 Å². The van der Waals surface area contributed by atoms with Crippen LogP contribution in [-0.4, -0.2) is 31.1 Å². The van der Waals surface area contributed by atoms with E-state index in [1.165, 1.54) is 11.3 Å². The number of nitrogens with one attached hydrogen (secondary N) is 2. The van der Waals surface area contributed by atoms with Gasteiger partial charge in [0.05, 0.1) is 11.4 Å². The Hall–Kier alpha value is -3.65. The minimum absolute atomic E-state index is 0.209. The summed E-state index contributed by atoms with van der Waals surface area (Å²) in [5.41, 5.74) is 2.60. The number of benzene rings is 2. The van der Waals surface area contributed by atoms with Crippen LogP contribution in [0.5, 0.6) is 0 Å². The van der Waals surface area contributed by atoms with Gasteiger partial charge in [0, 0.05) is 23.5 Å². The molecule has 0 spiro atoms. The van der Waals surface area contributed by atoms with E-state index in [2.05, 4.69) is 10.6 Å². The molecular formula is C22H19N3O4S. The Bertz CT molecular complexity index is 1080. The number of ether oxygens (including phenoxy) is 1. The summed E-state index contributed by atoms with van der Waals surface area (Å²) in [6, 6.07) is 17.7. The molecular weight excluding hydrogens is 402 g/mol. The lowest BCUT2D eigenvalue weighted by Crippen LogP contribution is -2.25. The molecule has 4 rings (SSSR count). The van der Waals surface area contributed by atoms with E-state index < -0.39 is 0 Å². The van der Waals surface area contributed by atoms with Crippen molar-refractivity contribution in [3.63, 3.8) is 0 Å². The standard InChI is InChI=1S/C22H19N3O4S/c26-20(16-5-2-6-17(13-16)24-21(27)19-8-3-11-30-19)23-14-15-4-1-7-18(12-15)25-9-10-29-22(25)28/h1-8,11-13H,9-10,14H2,(H,23,26)(H,24,27). The molecule has 0 saturated carbocycles. The predicted octanol–water partition coefficient (Wildman–Crippen LogP) is 3.89. The van der Waals surface area contributed by atoms with Crippen LogP contribution >= 0.6 is 11.3 Å². The van der Waals surface area contributed by atoms with Gasteiger partial charge in [0.25, 0.3) is 11.8 Å². The fourth-order valence-corrected chi connectivity index (χ4v) is 3.70. The highest BCUT2D eigenvalue weighted by molar-refractivity contribution is 7.12. The lowest BCUT2D eigenvalue weighted by atomic mass is 10.1. The van der Waals surface area contributed by atoms with E-state index in [4.69, 9.17) is 4.74 Å². The van der Waals surface area contributed by atoms with Crippen LogP contribution in [-0.2, 0) is 11.3 Å². The molecule has 3 aromatic rings. The van der Waals surface area contributed by atoms with Gasteiger partial charge < -0.3 is 15.4 Å². The SMILES string of the molecule is O=C(NCc1cccc(N2CCOC2=O)c1)c1cccc(NC(=O)c2cccs2)c1. The smallest absolute Gasteiger partial charge is 0.414 e. The topological polar surface area (TPSA) is 87.7 Å². The Morgan fingerprint density at radius 1 is 1.03 bits per heavy atom. The highest BCUT2D eigenvalue weighted by atomic mass is 32.1. The number of hydrogen-bond donors (Lipinski definition) is 2. The summed E-state index contributed by atoms with van der Waals surface area (Å²) >= 11 is 1.35. The Balaban J connectivity index is 1.38. The third kappa shape index (κ3) is 4.49. The second kappa shape index (κ2) is 8.79. The fraction of sp³-hybridized carbons (Fsp3) is 0.136. The number of cyclic esters (lactones) is 1. The molecule has 30 heavy (non-hydrogen) atoms. The fourth-order valence-electron chi connectivity index (χ4n) is 3.09. The number of rotatable bonds is 6. The minimum atomic E-state index is -0.363. The van der Waals surface area contributed by atoms with E-state index in [0.717, 1.165) is 11.3 Å². The third-order valence-corrected chi connectivity index (χ3v) is 5.43. The Labute approximate surface area is 177 Å². The van der Waals surface area contributed by atoms with Crippen molar-refractivity contribution < 1.29 is 19.1 Å². The molecule has 2 aromatic carbocycles. The summed E-state index contributed by atoms with van der Waals surface area (Å²) in [7, 11) is 0. The van der Waals surface area contributed by atoms with Crippen LogP contribution in [0.25, 0.3) is 0 Å². The molecule has 1 saturated heterocycles. The van der Waals surface area contributed by atoms with Crippen LogP contribution in [0.3, 0.4) is 0 Å². The minimum Gasteiger partial charge on any atom is -0.447 e. The van der Waals surface area contributed by atoms with Gasteiger partial charge in [-0.15, -0.1) is 11.3 Å². The van der Waals surface area contributed by atoms with Crippen molar-refractivity contribution in [3.8, 4) is 0 Å². The van der Waals surface area contributed by atoms with E-state index in [1.807, 2.05) is 35.7 Å². The first kappa shape index (κ1) is 19.7. The summed E-state index contributed by atoms with van der Waals surface area (Å²) in [5, 5.41) is 7.50. The zero-order valence-electron chi connectivity index (χ0n) is 16.0. The maximum Gasteiger partial charge on any atom is 0.414 e. The van der Waals surface area contributed by atoms with Crippen molar-refractivity contribution in [2.75, 3.05) is 23.4 Å².